The molecule has 0 amide bonds. The maximum atomic E-state index is 6.20. The van der Waals surface area contributed by atoms with E-state index in [1.165, 1.54) is 11.1 Å². The van der Waals surface area contributed by atoms with Crippen molar-refractivity contribution in [2.45, 2.75) is 18.7 Å². The average molecular weight is 467 g/mol. The molecular formula is C15H12Br3Cl. The third-order valence-electron chi connectivity index (χ3n) is 3.04. The van der Waals surface area contributed by atoms with Crippen LogP contribution in [0, 0.1) is 13.8 Å². The van der Waals surface area contributed by atoms with E-state index in [1.807, 2.05) is 19.1 Å². The van der Waals surface area contributed by atoms with Crippen LogP contribution in [0.3, 0.4) is 0 Å². The van der Waals surface area contributed by atoms with Gasteiger partial charge in [-0.1, -0.05) is 71.5 Å². The van der Waals surface area contributed by atoms with Gasteiger partial charge in [-0.3, -0.25) is 0 Å². The molecule has 4 heteroatoms. The molecule has 0 aliphatic carbocycles. The van der Waals surface area contributed by atoms with Gasteiger partial charge in [0, 0.05) is 14.0 Å². The first-order chi connectivity index (χ1) is 8.90. The Labute approximate surface area is 143 Å². The number of alkyl halides is 1. The minimum Gasteiger partial charge on any atom is -0.0840 e. The van der Waals surface area contributed by atoms with Crippen molar-refractivity contribution in [3.8, 4) is 0 Å². The fourth-order valence-electron chi connectivity index (χ4n) is 1.80. The molecular weight excluding hydrogens is 455 g/mol. The van der Waals surface area contributed by atoms with Crippen molar-refractivity contribution in [1.82, 2.24) is 0 Å². The molecule has 100 valence electrons. The second-order valence-electron chi connectivity index (χ2n) is 4.49. The van der Waals surface area contributed by atoms with Crippen LogP contribution in [-0.2, 0) is 0 Å². The molecule has 2 aromatic rings. The van der Waals surface area contributed by atoms with Crippen LogP contribution in [0.15, 0.2) is 39.3 Å². The van der Waals surface area contributed by atoms with Gasteiger partial charge in [0.1, 0.15) is 0 Å². The second kappa shape index (κ2) is 6.30. The highest BCUT2D eigenvalue weighted by molar-refractivity contribution is 9.11. The van der Waals surface area contributed by atoms with Crippen molar-refractivity contribution >= 4 is 59.4 Å². The first kappa shape index (κ1) is 15.6. The van der Waals surface area contributed by atoms with E-state index >= 15 is 0 Å². The Morgan fingerprint density at radius 1 is 0.947 bits per heavy atom. The first-order valence-electron chi connectivity index (χ1n) is 5.76. The number of halogens is 4. The van der Waals surface area contributed by atoms with E-state index in [0.717, 1.165) is 25.1 Å². The predicted octanol–water partition coefficient (Wildman–Crippen LogP) is 6.97. The lowest BCUT2D eigenvalue weighted by Crippen LogP contribution is -1.96. The van der Waals surface area contributed by atoms with E-state index in [4.69, 9.17) is 11.6 Å². The highest BCUT2D eigenvalue weighted by Gasteiger charge is 2.15. The summed E-state index contributed by atoms with van der Waals surface area (Å²) in [5.74, 6) is 0. The van der Waals surface area contributed by atoms with Crippen LogP contribution in [-0.4, -0.2) is 0 Å². The molecule has 0 aliphatic heterocycles. The van der Waals surface area contributed by atoms with E-state index in [0.29, 0.717) is 0 Å². The summed E-state index contributed by atoms with van der Waals surface area (Å²) < 4.78 is 2.19. The van der Waals surface area contributed by atoms with Gasteiger partial charge >= 0.3 is 0 Å². The van der Waals surface area contributed by atoms with Gasteiger partial charge in [0.15, 0.2) is 0 Å². The molecule has 0 fully saturated rings. The van der Waals surface area contributed by atoms with Gasteiger partial charge in [0.05, 0.1) is 4.83 Å². The van der Waals surface area contributed by atoms with Crippen LogP contribution in [0.2, 0.25) is 5.02 Å². The van der Waals surface area contributed by atoms with E-state index in [1.54, 1.807) is 0 Å². The normalized spacial score (nSPS) is 12.5. The fourth-order valence-corrected chi connectivity index (χ4v) is 4.01. The number of aryl methyl sites for hydroxylation is 2. The Bertz CT molecular complexity index is 623. The summed E-state index contributed by atoms with van der Waals surface area (Å²) in [5.41, 5.74) is 4.62. The van der Waals surface area contributed by atoms with E-state index < -0.39 is 0 Å². The van der Waals surface area contributed by atoms with Crippen LogP contribution in [0.1, 0.15) is 27.1 Å². The molecule has 0 heterocycles. The van der Waals surface area contributed by atoms with Crippen LogP contribution in [0.25, 0.3) is 0 Å². The van der Waals surface area contributed by atoms with Gasteiger partial charge in [-0.2, -0.15) is 0 Å². The molecule has 0 nitrogen and oxygen atoms in total. The Hall–Kier alpha value is 0.170. The third-order valence-corrected chi connectivity index (χ3v) is 6.01. The highest BCUT2D eigenvalue weighted by atomic mass is 79.9. The highest BCUT2D eigenvalue weighted by Crippen LogP contribution is 2.39. The summed E-state index contributed by atoms with van der Waals surface area (Å²) in [5, 5.41) is 0.796. The SMILES string of the molecule is Cc1ccc(C(Br)c2cc(Br)c(C)cc2Br)cc1Cl. The molecule has 1 unspecified atom stereocenters. The quantitative estimate of drug-likeness (QED) is 0.419. The van der Waals surface area contributed by atoms with Gasteiger partial charge in [0.2, 0.25) is 0 Å². The van der Waals surface area contributed by atoms with Crippen molar-refractivity contribution in [2.75, 3.05) is 0 Å². The van der Waals surface area contributed by atoms with Crippen molar-refractivity contribution in [3.63, 3.8) is 0 Å². The Kier molecular flexibility index (Phi) is 5.15. The maximum Gasteiger partial charge on any atom is 0.0656 e. The van der Waals surface area contributed by atoms with Crippen LogP contribution in [0.4, 0.5) is 0 Å². The number of hydrogen-bond donors (Lipinski definition) is 0. The molecule has 0 saturated heterocycles. The molecule has 0 spiro atoms. The largest absolute Gasteiger partial charge is 0.0840 e. The van der Waals surface area contributed by atoms with Crippen molar-refractivity contribution in [2.24, 2.45) is 0 Å². The van der Waals surface area contributed by atoms with Crippen molar-refractivity contribution < 1.29 is 0 Å². The first-order valence-corrected chi connectivity index (χ1v) is 8.63. The molecule has 0 bridgehead atoms. The lowest BCUT2D eigenvalue weighted by Gasteiger charge is -2.15. The molecule has 0 saturated carbocycles. The number of hydrogen-bond acceptors (Lipinski definition) is 0. The Morgan fingerprint density at radius 3 is 2.26 bits per heavy atom. The minimum atomic E-state index is 0.108. The number of benzene rings is 2. The zero-order valence-electron chi connectivity index (χ0n) is 10.5. The maximum absolute atomic E-state index is 6.20. The topological polar surface area (TPSA) is 0 Å². The van der Waals surface area contributed by atoms with E-state index in [9.17, 15) is 0 Å². The zero-order valence-corrected chi connectivity index (χ0v) is 16.0. The smallest absolute Gasteiger partial charge is 0.0656 e. The monoisotopic (exact) mass is 464 g/mol. The molecule has 2 rings (SSSR count). The summed E-state index contributed by atoms with van der Waals surface area (Å²) in [7, 11) is 0. The molecule has 1 atom stereocenters. The lowest BCUT2D eigenvalue weighted by molar-refractivity contribution is 1.15. The van der Waals surface area contributed by atoms with Gasteiger partial charge in [-0.25, -0.2) is 0 Å². The molecule has 0 radical (unpaired) electrons. The molecule has 19 heavy (non-hydrogen) atoms. The summed E-state index contributed by atoms with van der Waals surface area (Å²) >= 11 is 17.2. The Morgan fingerprint density at radius 2 is 1.63 bits per heavy atom. The van der Waals surface area contributed by atoms with Crippen LogP contribution in [0.5, 0.6) is 0 Å². The molecule has 0 N–H and O–H groups in total. The lowest BCUT2D eigenvalue weighted by atomic mass is 10.0. The van der Waals surface area contributed by atoms with Gasteiger partial charge in [-0.15, -0.1) is 0 Å². The summed E-state index contributed by atoms with van der Waals surface area (Å²) in [6, 6.07) is 10.4. The van der Waals surface area contributed by atoms with Gasteiger partial charge in [0.25, 0.3) is 0 Å². The van der Waals surface area contributed by atoms with Crippen LogP contribution < -0.4 is 0 Å². The standard InChI is InChI=1S/C15H12Br3Cl/c1-8-3-4-10(6-14(8)19)15(18)11-7-12(16)9(2)5-13(11)17/h3-7,15H,1-2H3. The van der Waals surface area contributed by atoms with Gasteiger partial charge < -0.3 is 0 Å². The summed E-state index contributed by atoms with van der Waals surface area (Å²) in [4.78, 5) is 0.108. The summed E-state index contributed by atoms with van der Waals surface area (Å²) in [6.07, 6.45) is 0. The third kappa shape index (κ3) is 3.44. The number of rotatable bonds is 2. The van der Waals surface area contributed by atoms with E-state index in [-0.39, 0.29) is 4.83 Å². The fraction of sp³-hybridized carbons (Fsp3) is 0.200. The van der Waals surface area contributed by atoms with Crippen molar-refractivity contribution in [3.05, 3.63) is 66.6 Å². The molecule has 2 aromatic carbocycles. The molecule has 0 aromatic heterocycles. The Balaban J connectivity index is 2.46. The predicted molar refractivity (Wildman–Crippen MR) is 93.5 cm³/mol. The van der Waals surface area contributed by atoms with Gasteiger partial charge in [-0.05, 0) is 54.3 Å². The average Bonchev–Trinajstić information content (AvgIpc) is 2.36. The van der Waals surface area contributed by atoms with Crippen molar-refractivity contribution in [1.29, 1.82) is 0 Å². The van der Waals surface area contributed by atoms with E-state index in [2.05, 4.69) is 72.9 Å². The minimum absolute atomic E-state index is 0.108. The van der Waals surface area contributed by atoms with Crippen LogP contribution >= 0.6 is 59.4 Å². The molecule has 0 aliphatic rings. The zero-order chi connectivity index (χ0) is 14.2. The summed E-state index contributed by atoms with van der Waals surface area (Å²) in [6.45, 7) is 4.08. The second-order valence-corrected chi connectivity index (χ2v) is 7.53.